The summed E-state index contributed by atoms with van der Waals surface area (Å²) in [6.45, 7) is 6.22. The van der Waals surface area contributed by atoms with Gasteiger partial charge in [0.2, 0.25) is 6.29 Å². The van der Waals surface area contributed by atoms with Crippen molar-refractivity contribution >= 4 is 11.9 Å². The van der Waals surface area contributed by atoms with Gasteiger partial charge in [-0.3, -0.25) is 4.79 Å². The van der Waals surface area contributed by atoms with Crippen LogP contribution in [0.2, 0.25) is 0 Å². The molecule has 0 spiro atoms. The molecule has 0 atom stereocenters. The van der Waals surface area contributed by atoms with Crippen LogP contribution < -0.4 is 0 Å². The van der Waals surface area contributed by atoms with Crippen LogP contribution in [0.15, 0.2) is 24.7 Å². The number of rotatable bonds is 1. The van der Waals surface area contributed by atoms with E-state index in [4.69, 9.17) is 0 Å². The van der Waals surface area contributed by atoms with Gasteiger partial charge in [0.1, 0.15) is 5.65 Å². The fourth-order valence-electron chi connectivity index (χ4n) is 1.71. The maximum atomic E-state index is 11.0. The first-order valence-electron chi connectivity index (χ1n) is 4.88. The first-order valence-corrected chi connectivity index (χ1v) is 4.88. The van der Waals surface area contributed by atoms with E-state index in [0.29, 0.717) is 11.2 Å². The summed E-state index contributed by atoms with van der Waals surface area (Å²) in [5.41, 5.74) is 2.16. The van der Waals surface area contributed by atoms with E-state index in [1.165, 1.54) is 0 Å². The van der Waals surface area contributed by atoms with Crippen molar-refractivity contribution in [1.82, 2.24) is 9.38 Å². The predicted molar refractivity (Wildman–Crippen MR) is 58.7 cm³/mol. The molecule has 0 aliphatic heterocycles. The molecule has 2 aromatic rings. The zero-order valence-electron chi connectivity index (χ0n) is 9.11. The Bertz CT molecular complexity index is 506. The Kier molecular flexibility index (Phi) is 2.11. The van der Waals surface area contributed by atoms with Crippen LogP contribution in [0.1, 0.15) is 31.9 Å². The second-order valence-corrected chi connectivity index (χ2v) is 4.61. The van der Waals surface area contributed by atoms with Gasteiger partial charge in [-0.25, -0.2) is 4.98 Å². The molecule has 0 N–H and O–H groups in total. The van der Waals surface area contributed by atoms with Gasteiger partial charge in [0.05, 0.1) is 5.56 Å². The Morgan fingerprint density at radius 3 is 2.67 bits per heavy atom. The minimum Gasteiger partial charge on any atom is -0.306 e. The molecular formula is C12H13N2O. The van der Waals surface area contributed by atoms with Crippen molar-refractivity contribution < 1.29 is 4.79 Å². The Morgan fingerprint density at radius 1 is 1.33 bits per heavy atom. The van der Waals surface area contributed by atoms with E-state index in [1.54, 1.807) is 6.20 Å². The lowest BCUT2D eigenvalue weighted by atomic mass is 9.85. The first-order chi connectivity index (χ1) is 7.04. The van der Waals surface area contributed by atoms with Crippen LogP contribution in [-0.2, 0) is 10.2 Å². The van der Waals surface area contributed by atoms with Gasteiger partial charge in [-0.15, -0.1) is 0 Å². The monoisotopic (exact) mass is 201 g/mol. The lowest BCUT2D eigenvalue weighted by molar-refractivity contribution is 0.555. The number of pyridine rings is 1. The predicted octanol–water partition coefficient (Wildman–Crippen LogP) is 2.09. The quantitative estimate of drug-likeness (QED) is 0.708. The first kappa shape index (κ1) is 9.90. The van der Waals surface area contributed by atoms with Crippen molar-refractivity contribution in [2.24, 2.45) is 0 Å². The molecule has 0 fully saturated rings. The maximum absolute atomic E-state index is 11.0. The fourth-order valence-corrected chi connectivity index (χ4v) is 1.71. The van der Waals surface area contributed by atoms with E-state index in [2.05, 4.69) is 25.8 Å². The zero-order valence-corrected chi connectivity index (χ0v) is 9.11. The average Bonchev–Trinajstić information content (AvgIpc) is 2.61. The molecule has 0 bridgehead atoms. The summed E-state index contributed by atoms with van der Waals surface area (Å²) in [6.07, 6.45) is 7.42. The summed E-state index contributed by atoms with van der Waals surface area (Å²) in [7, 11) is 0. The number of fused-ring (bicyclic) bond motifs is 1. The molecular weight excluding hydrogens is 188 g/mol. The Balaban J connectivity index is 2.80. The SMILES string of the molecule is CC(C)(C)c1ccn2ccnc2c1[C]=O. The van der Waals surface area contributed by atoms with Crippen LogP contribution in [0.25, 0.3) is 5.65 Å². The zero-order chi connectivity index (χ0) is 11.1. The molecule has 0 aromatic carbocycles. The van der Waals surface area contributed by atoms with Crippen LogP contribution in [0.4, 0.5) is 0 Å². The molecule has 0 amide bonds. The molecule has 0 saturated carbocycles. The van der Waals surface area contributed by atoms with Crippen LogP contribution in [0.3, 0.4) is 0 Å². The van der Waals surface area contributed by atoms with Crippen molar-refractivity contribution in [2.75, 3.05) is 0 Å². The van der Waals surface area contributed by atoms with Gasteiger partial charge in [0, 0.05) is 18.6 Å². The van der Waals surface area contributed by atoms with Crippen molar-refractivity contribution in [3.63, 3.8) is 0 Å². The second kappa shape index (κ2) is 3.19. The second-order valence-electron chi connectivity index (χ2n) is 4.61. The van der Waals surface area contributed by atoms with Gasteiger partial charge in [-0.1, -0.05) is 20.8 Å². The molecule has 2 rings (SSSR count). The smallest absolute Gasteiger partial charge is 0.237 e. The highest BCUT2D eigenvalue weighted by Gasteiger charge is 2.20. The standard InChI is InChI=1S/C12H13N2O/c1-12(2,3)10-4-6-14-7-5-13-11(14)9(10)8-15/h4-7H,1-3H3. The summed E-state index contributed by atoms with van der Waals surface area (Å²) < 4.78 is 1.83. The Labute approximate surface area is 88.8 Å². The number of carbonyl (C=O) groups excluding carboxylic acids is 1. The van der Waals surface area contributed by atoms with E-state index in [-0.39, 0.29) is 5.41 Å². The molecule has 2 heterocycles. The highest BCUT2D eigenvalue weighted by molar-refractivity contribution is 5.87. The molecule has 3 nitrogen and oxygen atoms in total. The minimum absolute atomic E-state index is 0.0690. The summed E-state index contributed by atoms with van der Waals surface area (Å²) in [4.78, 5) is 15.2. The Morgan fingerprint density at radius 2 is 2.07 bits per heavy atom. The average molecular weight is 201 g/mol. The van der Waals surface area contributed by atoms with Crippen molar-refractivity contribution in [1.29, 1.82) is 0 Å². The van der Waals surface area contributed by atoms with Crippen LogP contribution in [0.5, 0.6) is 0 Å². The lowest BCUT2D eigenvalue weighted by Crippen LogP contribution is -2.15. The van der Waals surface area contributed by atoms with E-state index < -0.39 is 0 Å². The maximum Gasteiger partial charge on any atom is 0.237 e. The third kappa shape index (κ3) is 1.54. The molecule has 1 radical (unpaired) electrons. The van der Waals surface area contributed by atoms with Crippen LogP contribution >= 0.6 is 0 Å². The molecule has 77 valence electrons. The van der Waals surface area contributed by atoms with Gasteiger partial charge in [-0.2, -0.15) is 0 Å². The van der Waals surface area contributed by atoms with Gasteiger partial charge in [0.25, 0.3) is 0 Å². The van der Waals surface area contributed by atoms with Crippen molar-refractivity contribution in [3.8, 4) is 0 Å². The third-order valence-corrected chi connectivity index (χ3v) is 2.47. The van der Waals surface area contributed by atoms with E-state index in [1.807, 2.05) is 29.1 Å². The third-order valence-electron chi connectivity index (χ3n) is 2.47. The van der Waals surface area contributed by atoms with Crippen LogP contribution in [-0.4, -0.2) is 15.7 Å². The van der Waals surface area contributed by atoms with Gasteiger partial charge < -0.3 is 4.40 Å². The Hall–Kier alpha value is -1.64. The molecule has 3 heteroatoms. The molecule has 0 saturated heterocycles. The lowest BCUT2D eigenvalue weighted by Gasteiger charge is -2.20. The summed E-state index contributed by atoms with van der Waals surface area (Å²) >= 11 is 0. The number of aromatic nitrogens is 2. The van der Waals surface area contributed by atoms with Crippen LogP contribution in [0, 0.1) is 0 Å². The van der Waals surface area contributed by atoms with E-state index in [0.717, 1.165) is 5.56 Å². The molecule has 2 aromatic heterocycles. The van der Waals surface area contributed by atoms with Gasteiger partial charge in [0.15, 0.2) is 0 Å². The number of hydrogen-bond acceptors (Lipinski definition) is 2. The highest BCUT2D eigenvalue weighted by Crippen LogP contribution is 2.26. The van der Waals surface area contributed by atoms with E-state index in [9.17, 15) is 4.79 Å². The van der Waals surface area contributed by atoms with E-state index >= 15 is 0 Å². The summed E-state index contributed by atoms with van der Waals surface area (Å²) in [5, 5.41) is 0. The number of hydrogen-bond donors (Lipinski definition) is 0. The largest absolute Gasteiger partial charge is 0.306 e. The van der Waals surface area contributed by atoms with Crippen molar-refractivity contribution in [2.45, 2.75) is 26.2 Å². The molecule has 0 aliphatic rings. The fraction of sp³-hybridized carbons (Fsp3) is 0.333. The highest BCUT2D eigenvalue weighted by atomic mass is 16.1. The minimum atomic E-state index is -0.0690. The summed E-state index contributed by atoms with van der Waals surface area (Å²) in [5.74, 6) is 0. The number of nitrogens with zero attached hydrogens (tertiary/aromatic N) is 2. The molecule has 0 unspecified atom stereocenters. The topological polar surface area (TPSA) is 34.4 Å². The molecule has 0 aliphatic carbocycles. The summed E-state index contributed by atoms with van der Waals surface area (Å²) in [6, 6.07) is 1.95. The number of imidazole rings is 1. The van der Waals surface area contributed by atoms with Crippen molar-refractivity contribution in [3.05, 3.63) is 35.8 Å². The normalized spacial score (nSPS) is 11.9. The van der Waals surface area contributed by atoms with Gasteiger partial charge >= 0.3 is 0 Å². The van der Waals surface area contributed by atoms with Gasteiger partial charge in [-0.05, 0) is 17.0 Å². The molecule has 15 heavy (non-hydrogen) atoms.